The molecule has 1 aliphatic carbocycles. The fourth-order valence-corrected chi connectivity index (χ4v) is 1.03. The van der Waals surface area contributed by atoms with Gasteiger partial charge in [0, 0.05) is 13.0 Å². The number of Topliss-reactive ketones (excluding diaryl/α,β-unsaturated/α-hetero) is 1. The number of ether oxygens (including phenoxy) is 1. The summed E-state index contributed by atoms with van der Waals surface area (Å²) in [6.45, 7) is 1.50. The van der Waals surface area contributed by atoms with Crippen LogP contribution in [0, 0.1) is 0 Å². The van der Waals surface area contributed by atoms with Gasteiger partial charge in [0.05, 0.1) is 0 Å². The minimum absolute atomic E-state index is 0.0266. The summed E-state index contributed by atoms with van der Waals surface area (Å²) in [7, 11) is 0. The van der Waals surface area contributed by atoms with Crippen molar-refractivity contribution < 1.29 is 9.53 Å². The Kier molecular flexibility index (Phi) is 2.00. The number of carbonyl (C=O) groups is 1. The molecular weight excluding hydrogens is 166 g/mol. The van der Waals surface area contributed by atoms with E-state index in [9.17, 15) is 4.79 Å². The van der Waals surface area contributed by atoms with Crippen LogP contribution in [0.3, 0.4) is 0 Å². The molecule has 3 heteroatoms. The lowest BCUT2D eigenvalue weighted by Crippen LogP contribution is -2.02. The van der Waals surface area contributed by atoms with Gasteiger partial charge in [-0.2, -0.15) is 0 Å². The third-order valence-corrected chi connectivity index (χ3v) is 1.90. The molecule has 0 aliphatic heterocycles. The van der Waals surface area contributed by atoms with Gasteiger partial charge in [-0.1, -0.05) is 6.07 Å². The number of hydrogen-bond donors (Lipinski definition) is 0. The van der Waals surface area contributed by atoms with Gasteiger partial charge in [0.1, 0.15) is 11.8 Å². The molecule has 0 unspecified atom stereocenters. The maximum atomic E-state index is 11.0. The molecule has 2 rings (SSSR count). The van der Waals surface area contributed by atoms with Crippen LogP contribution in [0.25, 0.3) is 0 Å². The Morgan fingerprint density at radius 2 is 2.31 bits per heavy atom. The second-order valence-corrected chi connectivity index (χ2v) is 3.23. The second-order valence-electron chi connectivity index (χ2n) is 3.23. The first-order valence-corrected chi connectivity index (χ1v) is 4.40. The van der Waals surface area contributed by atoms with Gasteiger partial charge >= 0.3 is 0 Å². The van der Waals surface area contributed by atoms with Crippen molar-refractivity contribution in [1.29, 1.82) is 0 Å². The number of ketones is 1. The van der Waals surface area contributed by atoms with Crippen molar-refractivity contribution >= 4 is 5.78 Å². The van der Waals surface area contributed by atoms with Gasteiger partial charge in [-0.25, -0.2) is 4.98 Å². The van der Waals surface area contributed by atoms with Gasteiger partial charge in [-0.15, -0.1) is 0 Å². The summed E-state index contributed by atoms with van der Waals surface area (Å²) in [5.74, 6) is 0.538. The van der Waals surface area contributed by atoms with E-state index in [1.165, 1.54) is 6.92 Å². The molecule has 0 atom stereocenters. The van der Waals surface area contributed by atoms with Crippen LogP contribution in [-0.4, -0.2) is 16.9 Å². The molecule has 0 radical (unpaired) electrons. The van der Waals surface area contributed by atoms with Gasteiger partial charge in [0.2, 0.25) is 5.88 Å². The zero-order valence-electron chi connectivity index (χ0n) is 7.49. The van der Waals surface area contributed by atoms with E-state index in [2.05, 4.69) is 4.98 Å². The number of hydrogen-bond acceptors (Lipinski definition) is 3. The van der Waals surface area contributed by atoms with Gasteiger partial charge in [0.25, 0.3) is 0 Å². The number of rotatable bonds is 3. The number of pyridine rings is 1. The highest BCUT2D eigenvalue weighted by Crippen LogP contribution is 2.25. The largest absolute Gasteiger partial charge is 0.474 e. The summed E-state index contributed by atoms with van der Waals surface area (Å²) in [6.07, 6.45) is 2.53. The maximum absolute atomic E-state index is 11.0. The van der Waals surface area contributed by atoms with E-state index in [1.54, 1.807) is 18.2 Å². The van der Waals surface area contributed by atoms with E-state index in [4.69, 9.17) is 4.74 Å². The average Bonchev–Trinajstić information content (AvgIpc) is 2.89. The summed E-state index contributed by atoms with van der Waals surface area (Å²) < 4.78 is 5.45. The Labute approximate surface area is 76.7 Å². The molecule has 0 saturated heterocycles. The zero-order valence-corrected chi connectivity index (χ0v) is 7.49. The van der Waals surface area contributed by atoms with Crippen LogP contribution in [0.1, 0.15) is 30.3 Å². The van der Waals surface area contributed by atoms with Crippen LogP contribution in [0.4, 0.5) is 0 Å². The van der Waals surface area contributed by atoms with E-state index < -0.39 is 0 Å². The number of aromatic nitrogens is 1. The van der Waals surface area contributed by atoms with Crippen molar-refractivity contribution in [3.8, 4) is 5.88 Å². The summed E-state index contributed by atoms with van der Waals surface area (Å²) in [5, 5.41) is 0. The molecule has 0 bridgehead atoms. The van der Waals surface area contributed by atoms with Crippen LogP contribution < -0.4 is 4.74 Å². The molecule has 13 heavy (non-hydrogen) atoms. The third-order valence-electron chi connectivity index (χ3n) is 1.90. The molecule has 3 nitrogen and oxygen atoms in total. The Bertz CT molecular complexity index is 331. The monoisotopic (exact) mass is 177 g/mol. The summed E-state index contributed by atoms with van der Waals surface area (Å²) in [6, 6.07) is 5.27. The minimum atomic E-state index is -0.0266. The van der Waals surface area contributed by atoms with Crippen molar-refractivity contribution in [3.05, 3.63) is 23.9 Å². The molecule has 0 N–H and O–H groups in total. The third kappa shape index (κ3) is 2.05. The lowest BCUT2D eigenvalue weighted by molar-refractivity contribution is 0.101. The van der Waals surface area contributed by atoms with Gasteiger partial charge in [-0.05, 0) is 18.9 Å². The van der Waals surface area contributed by atoms with Crippen LogP contribution in [0.5, 0.6) is 5.88 Å². The lowest BCUT2D eigenvalue weighted by atomic mass is 10.3. The molecule has 1 aliphatic rings. The second kappa shape index (κ2) is 3.17. The number of nitrogens with zero attached hydrogens (tertiary/aromatic N) is 1. The predicted molar refractivity (Wildman–Crippen MR) is 47.9 cm³/mol. The van der Waals surface area contributed by atoms with Gasteiger partial charge < -0.3 is 4.74 Å². The fourth-order valence-electron chi connectivity index (χ4n) is 1.03. The maximum Gasteiger partial charge on any atom is 0.214 e. The molecule has 68 valence electrons. The highest BCUT2D eigenvalue weighted by Gasteiger charge is 2.24. The first kappa shape index (κ1) is 8.23. The smallest absolute Gasteiger partial charge is 0.214 e. The first-order valence-electron chi connectivity index (χ1n) is 4.40. The van der Waals surface area contributed by atoms with E-state index >= 15 is 0 Å². The molecule has 0 spiro atoms. The molecule has 1 aromatic rings. The molecule has 1 fully saturated rings. The number of carbonyl (C=O) groups excluding carboxylic acids is 1. The Morgan fingerprint density at radius 1 is 1.54 bits per heavy atom. The zero-order chi connectivity index (χ0) is 9.26. The lowest BCUT2D eigenvalue weighted by Gasteiger charge is -2.03. The summed E-state index contributed by atoms with van der Waals surface area (Å²) >= 11 is 0. The molecule has 0 amide bonds. The van der Waals surface area contributed by atoms with Crippen LogP contribution in [0.15, 0.2) is 18.2 Å². The molecule has 1 aromatic heterocycles. The van der Waals surface area contributed by atoms with Gasteiger partial charge in [0.15, 0.2) is 5.78 Å². The quantitative estimate of drug-likeness (QED) is 0.661. The predicted octanol–water partition coefficient (Wildman–Crippen LogP) is 1.83. The minimum Gasteiger partial charge on any atom is -0.474 e. The summed E-state index contributed by atoms with van der Waals surface area (Å²) in [5.41, 5.74) is 0.471. The molecule has 1 heterocycles. The normalized spacial score (nSPS) is 15.5. The summed E-state index contributed by atoms with van der Waals surface area (Å²) in [4.78, 5) is 15.1. The van der Waals surface area contributed by atoms with E-state index in [1.807, 2.05) is 0 Å². The van der Waals surface area contributed by atoms with E-state index in [-0.39, 0.29) is 5.78 Å². The molecular formula is C10H11NO2. The van der Waals surface area contributed by atoms with Crippen molar-refractivity contribution in [2.24, 2.45) is 0 Å². The Morgan fingerprint density at radius 3 is 2.92 bits per heavy atom. The topological polar surface area (TPSA) is 39.2 Å². The molecule has 1 saturated carbocycles. The van der Waals surface area contributed by atoms with E-state index in [0.717, 1.165) is 12.8 Å². The van der Waals surface area contributed by atoms with E-state index in [0.29, 0.717) is 17.7 Å². The highest BCUT2D eigenvalue weighted by atomic mass is 16.5. The molecule has 0 aromatic carbocycles. The Hall–Kier alpha value is -1.38. The van der Waals surface area contributed by atoms with Crippen molar-refractivity contribution in [2.75, 3.05) is 0 Å². The first-order chi connectivity index (χ1) is 6.25. The standard InChI is InChI=1S/C10H11NO2/c1-7(12)9-3-2-4-10(11-9)13-8-5-6-8/h2-4,8H,5-6H2,1H3. The van der Waals surface area contributed by atoms with Gasteiger partial charge in [-0.3, -0.25) is 4.79 Å². The Balaban J connectivity index is 2.15. The van der Waals surface area contributed by atoms with Crippen LogP contribution in [-0.2, 0) is 0 Å². The fraction of sp³-hybridized carbons (Fsp3) is 0.400. The van der Waals surface area contributed by atoms with Crippen LogP contribution in [0.2, 0.25) is 0 Å². The van der Waals surface area contributed by atoms with Crippen molar-refractivity contribution in [1.82, 2.24) is 4.98 Å². The van der Waals surface area contributed by atoms with Crippen molar-refractivity contribution in [2.45, 2.75) is 25.9 Å². The highest BCUT2D eigenvalue weighted by molar-refractivity contribution is 5.92. The average molecular weight is 177 g/mol. The van der Waals surface area contributed by atoms with Crippen molar-refractivity contribution in [3.63, 3.8) is 0 Å². The van der Waals surface area contributed by atoms with Crippen LogP contribution >= 0.6 is 0 Å². The SMILES string of the molecule is CC(=O)c1cccc(OC2CC2)n1.